The second-order valence-electron chi connectivity index (χ2n) is 3.17. The van der Waals surface area contributed by atoms with Crippen molar-refractivity contribution in [2.75, 3.05) is 0 Å². The van der Waals surface area contributed by atoms with E-state index < -0.39 is 0 Å². The maximum atomic E-state index is 5.88. The Morgan fingerprint density at radius 3 is 3.00 bits per heavy atom. The van der Waals surface area contributed by atoms with Crippen LogP contribution in [0, 0.1) is 0 Å². The zero-order chi connectivity index (χ0) is 10.7. The Morgan fingerprint density at radius 2 is 2.40 bits per heavy atom. The fourth-order valence-corrected chi connectivity index (χ4v) is 2.90. The molecule has 1 N–H and O–H groups in total. The highest BCUT2D eigenvalue weighted by Gasteiger charge is 2.07. The second kappa shape index (κ2) is 5.07. The molecule has 0 aliphatic heterocycles. The van der Waals surface area contributed by atoms with Gasteiger partial charge in [-0.15, -0.1) is 22.7 Å². The fraction of sp³-hybridized carbons (Fsp3) is 0.300. The van der Waals surface area contributed by atoms with Crippen LogP contribution in [0.4, 0.5) is 0 Å². The van der Waals surface area contributed by atoms with Crippen LogP contribution in [0.5, 0.6) is 0 Å². The quantitative estimate of drug-likeness (QED) is 0.904. The summed E-state index contributed by atoms with van der Waals surface area (Å²) < 4.78 is 0.841. The van der Waals surface area contributed by atoms with E-state index in [4.69, 9.17) is 11.6 Å². The molecule has 5 heteroatoms. The molecule has 2 rings (SSSR count). The number of thiophene rings is 1. The van der Waals surface area contributed by atoms with Crippen molar-refractivity contribution in [3.63, 3.8) is 0 Å². The smallest absolute Gasteiger partial charge is 0.106 e. The molecule has 0 amide bonds. The Labute approximate surface area is 102 Å². The molecule has 2 aromatic heterocycles. The minimum Gasteiger partial charge on any atom is -0.303 e. The highest BCUT2D eigenvalue weighted by atomic mass is 35.5. The molecule has 0 fully saturated rings. The topological polar surface area (TPSA) is 24.9 Å². The standard InChI is InChI=1S/C10H11ClN2S2/c1-7(8-2-3-9(11)15-8)13-6-10-12-4-5-14-10/h2-5,7,13H,6H2,1H3. The predicted octanol–water partition coefficient (Wildman–Crippen LogP) is 3.71. The van der Waals surface area contributed by atoms with E-state index >= 15 is 0 Å². The summed E-state index contributed by atoms with van der Waals surface area (Å²) in [5.74, 6) is 0. The molecular formula is C10H11ClN2S2. The Hall–Kier alpha value is -0.420. The molecule has 0 aliphatic rings. The largest absolute Gasteiger partial charge is 0.303 e. The Bertz CT molecular complexity index is 411. The van der Waals surface area contributed by atoms with Crippen molar-refractivity contribution in [2.45, 2.75) is 19.5 Å². The Balaban J connectivity index is 1.90. The maximum Gasteiger partial charge on any atom is 0.106 e. The van der Waals surface area contributed by atoms with Crippen molar-refractivity contribution in [3.8, 4) is 0 Å². The third kappa shape index (κ3) is 3.01. The van der Waals surface area contributed by atoms with Crippen molar-refractivity contribution in [1.82, 2.24) is 10.3 Å². The number of rotatable bonds is 4. The number of nitrogens with zero attached hydrogens (tertiary/aromatic N) is 1. The van der Waals surface area contributed by atoms with E-state index in [1.807, 2.05) is 17.6 Å². The first kappa shape index (κ1) is 11.1. The van der Waals surface area contributed by atoms with Crippen LogP contribution in [-0.2, 0) is 6.54 Å². The lowest BCUT2D eigenvalue weighted by molar-refractivity contribution is 0.581. The molecule has 0 saturated carbocycles. The van der Waals surface area contributed by atoms with Gasteiger partial charge >= 0.3 is 0 Å². The minimum absolute atomic E-state index is 0.325. The van der Waals surface area contributed by atoms with Gasteiger partial charge in [-0.2, -0.15) is 0 Å². The second-order valence-corrected chi connectivity index (χ2v) is 5.90. The van der Waals surface area contributed by atoms with Crippen LogP contribution in [0.1, 0.15) is 22.9 Å². The molecule has 0 aromatic carbocycles. The molecule has 0 bridgehead atoms. The normalized spacial score (nSPS) is 12.9. The average molecular weight is 259 g/mol. The first-order valence-corrected chi connectivity index (χ1v) is 6.70. The van der Waals surface area contributed by atoms with E-state index in [1.54, 1.807) is 22.7 Å². The van der Waals surface area contributed by atoms with Gasteiger partial charge in [-0.25, -0.2) is 4.98 Å². The van der Waals surface area contributed by atoms with E-state index in [-0.39, 0.29) is 0 Å². The molecule has 0 spiro atoms. The van der Waals surface area contributed by atoms with Crippen molar-refractivity contribution < 1.29 is 0 Å². The molecule has 0 radical (unpaired) electrons. The van der Waals surface area contributed by atoms with Gasteiger partial charge in [0.25, 0.3) is 0 Å². The molecule has 0 saturated heterocycles. The van der Waals surface area contributed by atoms with Gasteiger partial charge in [0.1, 0.15) is 5.01 Å². The van der Waals surface area contributed by atoms with Crippen molar-refractivity contribution in [3.05, 3.63) is 37.9 Å². The van der Waals surface area contributed by atoms with Gasteiger partial charge in [-0.3, -0.25) is 0 Å². The summed E-state index contributed by atoms with van der Waals surface area (Å²) in [6.07, 6.45) is 1.83. The maximum absolute atomic E-state index is 5.88. The van der Waals surface area contributed by atoms with Gasteiger partial charge in [0, 0.05) is 29.0 Å². The number of hydrogen-bond acceptors (Lipinski definition) is 4. The van der Waals surface area contributed by atoms with Crippen LogP contribution in [0.2, 0.25) is 4.34 Å². The van der Waals surface area contributed by atoms with Crippen molar-refractivity contribution in [2.24, 2.45) is 0 Å². The summed E-state index contributed by atoms with van der Waals surface area (Å²) in [5.41, 5.74) is 0. The van der Waals surface area contributed by atoms with Crippen LogP contribution in [-0.4, -0.2) is 4.98 Å². The number of aromatic nitrogens is 1. The van der Waals surface area contributed by atoms with Crippen LogP contribution < -0.4 is 5.32 Å². The van der Waals surface area contributed by atoms with Gasteiger partial charge in [-0.1, -0.05) is 11.6 Å². The first-order valence-electron chi connectivity index (χ1n) is 4.62. The van der Waals surface area contributed by atoms with Gasteiger partial charge in [0.05, 0.1) is 4.34 Å². The highest BCUT2D eigenvalue weighted by Crippen LogP contribution is 2.26. The van der Waals surface area contributed by atoms with Gasteiger partial charge in [0.15, 0.2) is 0 Å². The highest BCUT2D eigenvalue weighted by molar-refractivity contribution is 7.16. The van der Waals surface area contributed by atoms with Crippen molar-refractivity contribution >= 4 is 34.3 Å². The molecule has 2 nitrogen and oxygen atoms in total. The van der Waals surface area contributed by atoms with E-state index in [1.165, 1.54) is 4.88 Å². The summed E-state index contributed by atoms with van der Waals surface area (Å²) in [6, 6.07) is 4.32. The number of nitrogens with one attached hydrogen (secondary N) is 1. The lowest BCUT2D eigenvalue weighted by Gasteiger charge is -2.10. The minimum atomic E-state index is 0.325. The number of hydrogen-bond donors (Lipinski definition) is 1. The van der Waals surface area contributed by atoms with Crippen LogP contribution >= 0.6 is 34.3 Å². The fourth-order valence-electron chi connectivity index (χ4n) is 1.24. The monoisotopic (exact) mass is 258 g/mol. The van der Waals surface area contributed by atoms with Crippen LogP contribution in [0.3, 0.4) is 0 Å². The van der Waals surface area contributed by atoms with Gasteiger partial charge in [0.2, 0.25) is 0 Å². The SMILES string of the molecule is CC(NCc1nccs1)c1ccc(Cl)s1. The Kier molecular flexibility index (Phi) is 3.75. The predicted molar refractivity (Wildman–Crippen MR) is 66.7 cm³/mol. The van der Waals surface area contributed by atoms with Crippen LogP contribution in [0.15, 0.2) is 23.7 Å². The molecule has 1 atom stereocenters. The average Bonchev–Trinajstić information content (AvgIpc) is 2.84. The van der Waals surface area contributed by atoms with E-state index in [9.17, 15) is 0 Å². The van der Waals surface area contributed by atoms with E-state index in [0.29, 0.717) is 6.04 Å². The van der Waals surface area contributed by atoms with Crippen molar-refractivity contribution in [1.29, 1.82) is 0 Å². The molecular weight excluding hydrogens is 248 g/mol. The summed E-state index contributed by atoms with van der Waals surface area (Å²) in [7, 11) is 0. The van der Waals surface area contributed by atoms with Gasteiger partial charge in [-0.05, 0) is 19.1 Å². The van der Waals surface area contributed by atoms with E-state index in [2.05, 4.69) is 23.3 Å². The third-order valence-electron chi connectivity index (χ3n) is 2.06. The lowest BCUT2D eigenvalue weighted by atomic mass is 10.3. The van der Waals surface area contributed by atoms with Crippen LogP contribution in [0.25, 0.3) is 0 Å². The first-order chi connectivity index (χ1) is 7.25. The van der Waals surface area contributed by atoms with Gasteiger partial charge < -0.3 is 5.32 Å². The number of halogens is 1. The third-order valence-corrected chi connectivity index (χ3v) is 4.26. The lowest BCUT2D eigenvalue weighted by Crippen LogP contribution is -2.16. The summed E-state index contributed by atoms with van der Waals surface area (Å²) in [5, 5.41) is 6.52. The molecule has 1 unspecified atom stereocenters. The molecule has 2 heterocycles. The molecule has 0 aliphatic carbocycles. The zero-order valence-corrected chi connectivity index (χ0v) is 10.6. The zero-order valence-electron chi connectivity index (χ0n) is 8.24. The molecule has 2 aromatic rings. The summed E-state index contributed by atoms with van der Waals surface area (Å²) in [4.78, 5) is 5.48. The molecule has 80 valence electrons. The van der Waals surface area contributed by atoms with E-state index in [0.717, 1.165) is 15.9 Å². The summed E-state index contributed by atoms with van der Waals surface area (Å²) >= 11 is 9.17. The molecule has 15 heavy (non-hydrogen) atoms. The number of thiazole rings is 1. The Morgan fingerprint density at radius 1 is 1.53 bits per heavy atom. The summed E-state index contributed by atoms with van der Waals surface area (Å²) in [6.45, 7) is 2.95.